The number of aryl methyl sites for hydroxylation is 1. The summed E-state index contributed by atoms with van der Waals surface area (Å²) in [6.45, 7) is 2.31. The van der Waals surface area contributed by atoms with Crippen molar-refractivity contribution >= 4 is 34.8 Å². The topological polar surface area (TPSA) is 34.9 Å². The molecule has 0 fully saturated rings. The number of nitrogens with zero attached hydrogens (tertiary/aromatic N) is 2. The molecule has 6 heteroatoms. The summed E-state index contributed by atoms with van der Waals surface area (Å²) in [6.07, 6.45) is 0.622. The molecule has 0 aliphatic carbocycles. The normalized spacial score (nSPS) is 10.7. The average molecular weight is 318 g/mol. The van der Waals surface area contributed by atoms with Crippen LogP contribution in [0.5, 0.6) is 0 Å². The number of halogens is 3. The Hall–Kier alpha value is -1.03. The average Bonchev–Trinajstić information content (AvgIpc) is 2.36. The molecule has 0 unspecified atom stereocenters. The van der Waals surface area contributed by atoms with Gasteiger partial charge in [0.05, 0.1) is 16.6 Å². The molecule has 0 spiro atoms. The van der Waals surface area contributed by atoms with Gasteiger partial charge in [-0.1, -0.05) is 47.8 Å². The number of benzene rings is 1. The standard InChI is InChI=1S/C13H11Cl3N2O/c1-2-12-17-11(16)6-13(19)18(12)7-8-3-4-9(14)10(15)5-8/h3-6H,2,7H2,1H3. The fraction of sp³-hybridized carbons (Fsp3) is 0.231. The molecular formula is C13H11Cl3N2O. The Morgan fingerprint density at radius 1 is 1.16 bits per heavy atom. The molecule has 100 valence electrons. The van der Waals surface area contributed by atoms with E-state index >= 15 is 0 Å². The lowest BCUT2D eigenvalue weighted by Gasteiger charge is -2.11. The summed E-state index contributed by atoms with van der Waals surface area (Å²) in [6, 6.07) is 6.58. The molecule has 3 nitrogen and oxygen atoms in total. The maximum Gasteiger partial charge on any atom is 0.255 e. The van der Waals surface area contributed by atoms with E-state index in [2.05, 4.69) is 4.98 Å². The van der Waals surface area contributed by atoms with Crippen molar-refractivity contribution in [1.82, 2.24) is 9.55 Å². The summed E-state index contributed by atoms with van der Waals surface area (Å²) >= 11 is 17.6. The zero-order valence-corrected chi connectivity index (χ0v) is 12.4. The van der Waals surface area contributed by atoms with Crippen LogP contribution in [0, 0.1) is 0 Å². The molecule has 0 aliphatic rings. The van der Waals surface area contributed by atoms with E-state index in [0.29, 0.717) is 28.8 Å². The fourth-order valence-corrected chi connectivity index (χ4v) is 2.29. The highest BCUT2D eigenvalue weighted by Crippen LogP contribution is 2.23. The van der Waals surface area contributed by atoms with E-state index in [9.17, 15) is 4.79 Å². The Morgan fingerprint density at radius 3 is 2.53 bits per heavy atom. The van der Waals surface area contributed by atoms with Crippen LogP contribution in [0.3, 0.4) is 0 Å². The first-order chi connectivity index (χ1) is 9.01. The molecule has 19 heavy (non-hydrogen) atoms. The highest BCUT2D eigenvalue weighted by Gasteiger charge is 2.08. The quantitative estimate of drug-likeness (QED) is 0.807. The minimum absolute atomic E-state index is 0.178. The number of aromatic nitrogens is 2. The van der Waals surface area contributed by atoms with Crippen molar-refractivity contribution in [2.45, 2.75) is 19.9 Å². The molecule has 1 aromatic carbocycles. The summed E-state index contributed by atoms with van der Waals surface area (Å²) in [5, 5.41) is 1.17. The van der Waals surface area contributed by atoms with Gasteiger partial charge in [-0.15, -0.1) is 0 Å². The second-order valence-electron chi connectivity index (χ2n) is 4.02. The number of hydrogen-bond acceptors (Lipinski definition) is 2. The fourth-order valence-electron chi connectivity index (χ4n) is 1.78. The molecule has 0 atom stereocenters. The van der Waals surface area contributed by atoms with E-state index in [4.69, 9.17) is 34.8 Å². The van der Waals surface area contributed by atoms with Gasteiger partial charge >= 0.3 is 0 Å². The minimum Gasteiger partial charge on any atom is -0.292 e. The van der Waals surface area contributed by atoms with E-state index < -0.39 is 0 Å². The Morgan fingerprint density at radius 2 is 1.89 bits per heavy atom. The van der Waals surface area contributed by atoms with E-state index in [0.717, 1.165) is 5.56 Å². The molecule has 0 saturated heterocycles. The maximum atomic E-state index is 12.0. The van der Waals surface area contributed by atoms with Gasteiger partial charge in [-0.25, -0.2) is 4.98 Å². The molecule has 0 bridgehead atoms. The van der Waals surface area contributed by atoms with Gasteiger partial charge in [0.1, 0.15) is 11.0 Å². The van der Waals surface area contributed by atoms with Crippen molar-refractivity contribution in [3.63, 3.8) is 0 Å². The first-order valence-electron chi connectivity index (χ1n) is 5.71. The van der Waals surface area contributed by atoms with E-state index in [1.165, 1.54) is 6.07 Å². The highest BCUT2D eigenvalue weighted by atomic mass is 35.5. The predicted molar refractivity (Wildman–Crippen MR) is 78.4 cm³/mol. The van der Waals surface area contributed by atoms with Crippen molar-refractivity contribution in [2.75, 3.05) is 0 Å². The Bertz CT molecular complexity index is 667. The first kappa shape index (κ1) is 14.4. The Labute approximate surface area is 125 Å². The molecule has 2 rings (SSSR count). The van der Waals surface area contributed by atoms with Crippen LogP contribution in [-0.4, -0.2) is 9.55 Å². The molecule has 0 amide bonds. The smallest absolute Gasteiger partial charge is 0.255 e. The van der Waals surface area contributed by atoms with Gasteiger partial charge in [0.15, 0.2) is 0 Å². The van der Waals surface area contributed by atoms with Crippen molar-refractivity contribution in [1.29, 1.82) is 0 Å². The second kappa shape index (κ2) is 5.95. The molecule has 0 radical (unpaired) electrons. The van der Waals surface area contributed by atoms with Gasteiger partial charge in [0.25, 0.3) is 5.56 Å². The molecule has 1 aromatic heterocycles. The third kappa shape index (κ3) is 3.30. The van der Waals surface area contributed by atoms with Gasteiger partial charge in [0.2, 0.25) is 0 Å². The lowest BCUT2D eigenvalue weighted by molar-refractivity contribution is 0.674. The van der Waals surface area contributed by atoms with Crippen molar-refractivity contribution < 1.29 is 0 Å². The van der Waals surface area contributed by atoms with Gasteiger partial charge in [-0.3, -0.25) is 9.36 Å². The summed E-state index contributed by atoms with van der Waals surface area (Å²) in [5.74, 6) is 0.642. The van der Waals surface area contributed by atoms with Crippen LogP contribution in [0.1, 0.15) is 18.3 Å². The van der Waals surface area contributed by atoms with Gasteiger partial charge in [-0.05, 0) is 17.7 Å². The van der Waals surface area contributed by atoms with Crippen molar-refractivity contribution in [3.8, 4) is 0 Å². The zero-order valence-electron chi connectivity index (χ0n) is 10.2. The maximum absolute atomic E-state index is 12.0. The van der Waals surface area contributed by atoms with Gasteiger partial charge < -0.3 is 0 Å². The van der Waals surface area contributed by atoms with E-state index in [1.54, 1.807) is 16.7 Å². The summed E-state index contributed by atoms with van der Waals surface area (Å²) in [7, 11) is 0. The summed E-state index contributed by atoms with van der Waals surface area (Å²) in [5.41, 5.74) is 0.707. The van der Waals surface area contributed by atoms with E-state index in [1.807, 2.05) is 13.0 Å². The molecule has 1 heterocycles. The SMILES string of the molecule is CCc1nc(Cl)cc(=O)n1Cc1ccc(Cl)c(Cl)c1. The lowest BCUT2D eigenvalue weighted by atomic mass is 10.2. The number of rotatable bonds is 3. The van der Waals surface area contributed by atoms with Crippen LogP contribution in [0.4, 0.5) is 0 Å². The largest absolute Gasteiger partial charge is 0.292 e. The van der Waals surface area contributed by atoms with Crippen molar-refractivity contribution in [2.24, 2.45) is 0 Å². The summed E-state index contributed by atoms with van der Waals surface area (Å²) < 4.78 is 1.57. The van der Waals surface area contributed by atoms with Gasteiger partial charge in [-0.2, -0.15) is 0 Å². The van der Waals surface area contributed by atoms with Gasteiger partial charge in [0, 0.05) is 12.5 Å². The monoisotopic (exact) mass is 316 g/mol. The predicted octanol–water partition coefficient (Wildman–Crippen LogP) is 3.81. The highest BCUT2D eigenvalue weighted by molar-refractivity contribution is 6.42. The first-order valence-corrected chi connectivity index (χ1v) is 6.85. The second-order valence-corrected chi connectivity index (χ2v) is 5.22. The van der Waals surface area contributed by atoms with Crippen LogP contribution < -0.4 is 5.56 Å². The minimum atomic E-state index is -0.178. The molecular weight excluding hydrogens is 307 g/mol. The number of hydrogen-bond donors (Lipinski definition) is 0. The Kier molecular flexibility index (Phi) is 4.50. The lowest BCUT2D eigenvalue weighted by Crippen LogP contribution is -2.24. The summed E-state index contributed by atoms with van der Waals surface area (Å²) in [4.78, 5) is 16.1. The third-order valence-electron chi connectivity index (χ3n) is 2.70. The van der Waals surface area contributed by atoms with Crippen LogP contribution >= 0.6 is 34.8 Å². The third-order valence-corrected chi connectivity index (χ3v) is 3.63. The Balaban J connectivity index is 2.43. The van der Waals surface area contributed by atoms with Crippen LogP contribution in [0.15, 0.2) is 29.1 Å². The zero-order chi connectivity index (χ0) is 14.0. The molecule has 0 aliphatic heterocycles. The van der Waals surface area contributed by atoms with Crippen LogP contribution in [-0.2, 0) is 13.0 Å². The molecule has 0 saturated carbocycles. The van der Waals surface area contributed by atoms with Crippen molar-refractivity contribution in [3.05, 3.63) is 61.2 Å². The van der Waals surface area contributed by atoms with Crippen LogP contribution in [0.2, 0.25) is 15.2 Å². The molecule has 0 N–H and O–H groups in total. The van der Waals surface area contributed by atoms with E-state index in [-0.39, 0.29) is 10.7 Å². The van der Waals surface area contributed by atoms with Crippen LogP contribution in [0.25, 0.3) is 0 Å². The molecule has 2 aromatic rings.